The Balaban J connectivity index is 1.08. The molecule has 0 aliphatic heterocycles. The highest BCUT2D eigenvalue weighted by Gasteiger charge is 2.17. The summed E-state index contributed by atoms with van der Waals surface area (Å²) in [6.07, 6.45) is 0. The van der Waals surface area contributed by atoms with E-state index in [0.29, 0.717) is 0 Å². The van der Waals surface area contributed by atoms with Gasteiger partial charge in [-0.25, -0.2) is 0 Å². The average Bonchev–Trinajstić information content (AvgIpc) is 3.85. The molecule has 238 valence electrons. The highest BCUT2D eigenvalue weighted by atomic mass is 32.1. The Morgan fingerprint density at radius 3 is 1.55 bits per heavy atom. The Bertz CT molecular complexity index is 3140. The van der Waals surface area contributed by atoms with Gasteiger partial charge in [0.2, 0.25) is 0 Å². The van der Waals surface area contributed by atoms with E-state index in [1.807, 2.05) is 11.3 Å². The number of fused-ring (bicyclic) bond motifs is 9. The van der Waals surface area contributed by atoms with Crippen LogP contribution in [0, 0.1) is 0 Å². The summed E-state index contributed by atoms with van der Waals surface area (Å²) >= 11 is 1.87. The van der Waals surface area contributed by atoms with Crippen molar-refractivity contribution < 1.29 is 0 Å². The van der Waals surface area contributed by atoms with E-state index < -0.39 is 0 Å². The highest BCUT2D eigenvalue weighted by molar-refractivity contribution is 7.25. The molecule has 0 aliphatic carbocycles. The number of hydrogen-bond donors (Lipinski definition) is 0. The van der Waals surface area contributed by atoms with E-state index in [1.165, 1.54) is 91.7 Å². The first kappa shape index (κ1) is 28.4. The maximum Gasteiger partial charge on any atom is 0.0541 e. The SMILES string of the molecule is c1ccc(-n2c3ccccc3c3cc(-c4ccc5c(c4)c4ccccc4n5-c4cccc(-c5cccc6sc7ccccc7c56)c4)ccc32)cc1. The van der Waals surface area contributed by atoms with E-state index in [9.17, 15) is 0 Å². The Hall–Kier alpha value is -6.42. The zero-order valence-electron chi connectivity index (χ0n) is 27.6. The summed E-state index contributed by atoms with van der Waals surface area (Å²) in [5.41, 5.74) is 12.1. The third-order valence-corrected chi connectivity index (χ3v) is 11.6. The van der Waals surface area contributed by atoms with Crippen LogP contribution in [0.25, 0.3) is 97.4 Å². The summed E-state index contributed by atoms with van der Waals surface area (Å²) in [5, 5.41) is 7.71. The normalized spacial score (nSPS) is 11.9. The summed E-state index contributed by atoms with van der Waals surface area (Å²) in [4.78, 5) is 0. The number of hydrogen-bond acceptors (Lipinski definition) is 1. The minimum atomic E-state index is 1.16. The van der Waals surface area contributed by atoms with Gasteiger partial charge in [0.1, 0.15) is 0 Å². The van der Waals surface area contributed by atoms with Crippen molar-refractivity contribution in [2.45, 2.75) is 0 Å². The summed E-state index contributed by atoms with van der Waals surface area (Å²) in [7, 11) is 0. The second-order valence-corrected chi connectivity index (χ2v) is 14.4. The summed E-state index contributed by atoms with van der Waals surface area (Å²) < 4.78 is 7.46. The van der Waals surface area contributed by atoms with Gasteiger partial charge in [0.05, 0.1) is 22.1 Å². The molecule has 0 spiro atoms. The number of benzene rings is 8. The van der Waals surface area contributed by atoms with Crippen LogP contribution >= 0.6 is 11.3 Å². The molecule has 3 heteroatoms. The van der Waals surface area contributed by atoms with Crippen molar-refractivity contribution >= 4 is 75.1 Å². The predicted molar refractivity (Wildman–Crippen MR) is 219 cm³/mol. The number of para-hydroxylation sites is 3. The Kier molecular flexibility index (Phi) is 6.16. The first-order chi connectivity index (χ1) is 25.3. The smallest absolute Gasteiger partial charge is 0.0541 e. The van der Waals surface area contributed by atoms with Crippen molar-refractivity contribution in [1.82, 2.24) is 9.13 Å². The molecular formula is C48H30N2S. The standard InChI is InChI=1S/C48H30N2S/c1-2-13-34(14-3-1)49-42-20-7-4-16-37(42)40-29-31(24-26-44(40)49)32-25-27-45-41(30-32)38-17-5-8-21-43(38)50(45)35-15-10-12-33(28-35)36-19-11-23-47-48(36)39-18-6-9-22-46(39)51-47/h1-30H. The van der Waals surface area contributed by atoms with Crippen LogP contribution in [0.2, 0.25) is 0 Å². The van der Waals surface area contributed by atoms with Crippen LogP contribution in [-0.4, -0.2) is 9.13 Å². The maximum absolute atomic E-state index is 2.43. The zero-order chi connectivity index (χ0) is 33.5. The Morgan fingerprint density at radius 1 is 0.314 bits per heavy atom. The number of rotatable bonds is 4. The van der Waals surface area contributed by atoms with Crippen LogP contribution in [0.4, 0.5) is 0 Å². The van der Waals surface area contributed by atoms with Gasteiger partial charge < -0.3 is 9.13 Å². The lowest BCUT2D eigenvalue weighted by Crippen LogP contribution is -1.94. The average molecular weight is 667 g/mol. The third-order valence-electron chi connectivity index (χ3n) is 10.5. The summed E-state index contributed by atoms with van der Waals surface area (Å²) in [6.45, 7) is 0. The van der Waals surface area contributed by atoms with E-state index in [1.54, 1.807) is 0 Å². The fourth-order valence-electron chi connectivity index (χ4n) is 8.27. The monoisotopic (exact) mass is 666 g/mol. The minimum Gasteiger partial charge on any atom is -0.309 e. The molecule has 0 fully saturated rings. The van der Waals surface area contributed by atoms with Crippen molar-refractivity contribution in [3.05, 3.63) is 182 Å². The van der Waals surface area contributed by atoms with Crippen molar-refractivity contribution in [2.24, 2.45) is 0 Å². The topological polar surface area (TPSA) is 9.86 Å². The molecule has 0 radical (unpaired) electrons. The summed E-state index contributed by atoms with van der Waals surface area (Å²) in [5.74, 6) is 0. The van der Waals surface area contributed by atoms with Gasteiger partial charge in [-0.1, -0.05) is 109 Å². The number of nitrogens with zero attached hydrogens (tertiary/aromatic N) is 2. The molecule has 11 aromatic rings. The molecule has 0 bridgehead atoms. The van der Waals surface area contributed by atoms with Crippen LogP contribution in [0.5, 0.6) is 0 Å². The van der Waals surface area contributed by atoms with Crippen LogP contribution in [0.3, 0.4) is 0 Å². The van der Waals surface area contributed by atoms with Crippen molar-refractivity contribution in [1.29, 1.82) is 0 Å². The van der Waals surface area contributed by atoms with Gasteiger partial charge in [0, 0.05) is 53.1 Å². The second-order valence-electron chi connectivity index (χ2n) is 13.3. The Morgan fingerprint density at radius 2 is 0.843 bits per heavy atom. The quantitative estimate of drug-likeness (QED) is 0.177. The highest BCUT2D eigenvalue weighted by Crippen LogP contribution is 2.42. The molecule has 8 aromatic carbocycles. The van der Waals surface area contributed by atoms with E-state index in [4.69, 9.17) is 0 Å². The van der Waals surface area contributed by atoms with Gasteiger partial charge in [-0.2, -0.15) is 0 Å². The maximum atomic E-state index is 2.43. The van der Waals surface area contributed by atoms with E-state index in [2.05, 4.69) is 191 Å². The number of aromatic nitrogens is 2. The van der Waals surface area contributed by atoms with Gasteiger partial charge in [0.25, 0.3) is 0 Å². The fourth-order valence-corrected chi connectivity index (χ4v) is 9.40. The lowest BCUT2D eigenvalue weighted by molar-refractivity contribution is 1.18. The van der Waals surface area contributed by atoms with Crippen LogP contribution in [0.15, 0.2) is 182 Å². The van der Waals surface area contributed by atoms with Crippen molar-refractivity contribution in [3.63, 3.8) is 0 Å². The molecule has 0 amide bonds. The van der Waals surface area contributed by atoms with Crippen LogP contribution < -0.4 is 0 Å². The van der Waals surface area contributed by atoms with E-state index >= 15 is 0 Å². The molecule has 3 heterocycles. The molecule has 0 saturated carbocycles. The van der Waals surface area contributed by atoms with Crippen LogP contribution in [-0.2, 0) is 0 Å². The van der Waals surface area contributed by atoms with Gasteiger partial charge in [-0.15, -0.1) is 11.3 Å². The molecule has 0 N–H and O–H groups in total. The predicted octanol–water partition coefficient (Wildman–Crippen LogP) is 13.6. The molecule has 2 nitrogen and oxygen atoms in total. The second kappa shape index (κ2) is 11.0. The molecular weight excluding hydrogens is 637 g/mol. The first-order valence-corrected chi connectivity index (χ1v) is 18.3. The minimum absolute atomic E-state index is 1.16. The molecule has 0 aliphatic rings. The molecule has 51 heavy (non-hydrogen) atoms. The number of thiophene rings is 1. The van der Waals surface area contributed by atoms with Gasteiger partial charge in [0.15, 0.2) is 0 Å². The van der Waals surface area contributed by atoms with Crippen molar-refractivity contribution in [2.75, 3.05) is 0 Å². The summed E-state index contributed by atoms with van der Waals surface area (Å²) in [6, 6.07) is 66.7. The zero-order valence-corrected chi connectivity index (χ0v) is 28.4. The molecule has 0 saturated heterocycles. The Labute approximate surface area is 298 Å². The molecule has 3 aromatic heterocycles. The fraction of sp³-hybridized carbons (Fsp3) is 0. The van der Waals surface area contributed by atoms with Gasteiger partial charge in [-0.3, -0.25) is 0 Å². The van der Waals surface area contributed by atoms with E-state index in [-0.39, 0.29) is 0 Å². The van der Waals surface area contributed by atoms with Crippen molar-refractivity contribution in [3.8, 4) is 33.6 Å². The van der Waals surface area contributed by atoms with Gasteiger partial charge in [-0.05, 0) is 95.1 Å². The lowest BCUT2D eigenvalue weighted by atomic mass is 9.99. The molecule has 0 atom stereocenters. The molecule has 0 unspecified atom stereocenters. The van der Waals surface area contributed by atoms with Crippen LogP contribution in [0.1, 0.15) is 0 Å². The first-order valence-electron chi connectivity index (χ1n) is 17.4. The third kappa shape index (κ3) is 4.29. The van der Waals surface area contributed by atoms with E-state index in [0.717, 1.165) is 5.69 Å². The lowest BCUT2D eigenvalue weighted by Gasteiger charge is -2.12. The largest absolute Gasteiger partial charge is 0.309 e. The molecule has 11 rings (SSSR count). The van der Waals surface area contributed by atoms with Gasteiger partial charge >= 0.3 is 0 Å².